The number of hydrogen-bond acceptors (Lipinski definition) is 2. The van der Waals surface area contributed by atoms with Gasteiger partial charge in [0.25, 0.3) is 0 Å². The van der Waals surface area contributed by atoms with Gasteiger partial charge in [-0.15, -0.1) is 0 Å². The fraction of sp³-hybridized carbons (Fsp3) is 0.107. The van der Waals surface area contributed by atoms with Gasteiger partial charge in [-0.1, -0.05) is 91.0 Å². The van der Waals surface area contributed by atoms with E-state index in [1.54, 1.807) is 7.11 Å². The minimum Gasteiger partial charge on any atom is -0.496 e. The Labute approximate surface area is 182 Å². The van der Waals surface area contributed by atoms with Gasteiger partial charge in [-0.3, -0.25) is 9.69 Å². The molecule has 5 rings (SSSR count). The quantitative estimate of drug-likeness (QED) is 0.419. The third kappa shape index (κ3) is 3.28. The smallest absolute Gasteiger partial charge is 0.239 e. The third-order valence-electron chi connectivity index (χ3n) is 5.93. The average Bonchev–Trinajstić information content (AvgIpc) is 2.84. The van der Waals surface area contributed by atoms with Crippen molar-refractivity contribution in [2.24, 2.45) is 0 Å². The Bertz CT molecular complexity index is 1190. The lowest BCUT2D eigenvalue weighted by Crippen LogP contribution is -2.44. The molecule has 0 N–H and O–H groups in total. The van der Waals surface area contributed by atoms with Gasteiger partial charge in [0.2, 0.25) is 5.91 Å². The Hall–Kier alpha value is -3.85. The Morgan fingerprint density at radius 2 is 1.26 bits per heavy atom. The molecule has 0 radical (unpaired) electrons. The van der Waals surface area contributed by atoms with Crippen LogP contribution in [0.5, 0.6) is 5.75 Å². The summed E-state index contributed by atoms with van der Waals surface area (Å²) < 4.78 is 5.77. The molecule has 0 aromatic heterocycles. The summed E-state index contributed by atoms with van der Waals surface area (Å²) in [6, 6.07) is 35.9. The fourth-order valence-corrected chi connectivity index (χ4v) is 4.60. The lowest BCUT2D eigenvalue weighted by atomic mass is 9.78. The maximum Gasteiger partial charge on any atom is 0.239 e. The average molecular weight is 405 g/mol. The van der Waals surface area contributed by atoms with E-state index in [4.69, 9.17) is 4.74 Å². The number of ether oxygens (including phenoxy) is 1. The predicted molar refractivity (Wildman–Crippen MR) is 123 cm³/mol. The number of carbonyl (C=O) groups excluding carboxylic acids is 1. The van der Waals surface area contributed by atoms with Crippen LogP contribution in [0, 0.1) is 0 Å². The molecule has 1 aliphatic rings. The van der Waals surface area contributed by atoms with Gasteiger partial charge in [-0.05, 0) is 34.9 Å². The maximum absolute atomic E-state index is 14.2. The third-order valence-corrected chi connectivity index (χ3v) is 5.93. The summed E-state index contributed by atoms with van der Waals surface area (Å²) in [6.45, 7) is 0. The van der Waals surface area contributed by atoms with E-state index in [1.807, 2.05) is 95.9 Å². The van der Waals surface area contributed by atoms with Crippen molar-refractivity contribution >= 4 is 11.6 Å². The van der Waals surface area contributed by atoms with Crippen LogP contribution in [0.1, 0.15) is 34.2 Å². The zero-order chi connectivity index (χ0) is 21.2. The van der Waals surface area contributed by atoms with E-state index in [-0.39, 0.29) is 11.9 Å². The molecule has 0 aliphatic carbocycles. The van der Waals surface area contributed by atoms with Crippen molar-refractivity contribution < 1.29 is 9.53 Å². The monoisotopic (exact) mass is 405 g/mol. The second kappa shape index (κ2) is 8.11. The Balaban J connectivity index is 1.82. The number of anilines is 1. The molecule has 0 spiro atoms. The maximum atomic E-state index is 14.2. The van der Waals surface area contributed by atoms with Crippen molar-refractivity contribution in [3.63, 3.8) is 0 Å². The first-order chi connectivity index (χ1) is 15.3. The number of para-hydroxylation sites is 1. The topological polar surface area (TPSA) is 29.5 Å². The second-order valence-electron chi connectivity index (χ2n) is 7.66. The molecule has 1 aliphatic heterocycles. The summed E-state index contributed by atoms with van der Waals surface area (Å²) in [5, 5.41) is 0. The van der Waals surface area contributed by atoms with E-state index in [2.05, 4.69) is 18.2 Å². The van der Waals surface area contributed by atoms with Gasteiger partial charge < -0.3 is 4.74 Å². The molecule has 0 fully saturated rings. The van der Waals surface area contributed by atoms with Crippen molar-refractivity contribution in [3.05, 3.63) is 131 Å². The number of carbonyl (C=O) groups is 1. The molecule has 0 saturated heterocycles. The molecule has 0 unspecified atom stereocenters. The number of amides is 1. The van der Waals surface area contributed by atoms with E-state index < -0.39 is 5.92 Å². The van der Waals surface area contributed by atoms with Crippen molar-refractivity contribution in [1.29, 1.82) is 0 Å². The number of rotatable bonds is 4. The van der Waals surface area contributed by atoms with E-state index in [0.29, 0.717) is 0 Å². The molecule has 4 aromatic carbocycles. The number of nitrogens with zero attached hydrogens (tertiary/aromatic N) is 1. The summed E-state index contributed by atoms with van der Waals surface area (Å²) in [7, 11) is 1.67. The molecular weight excluding hydrogens is 382 g/mol. The van der Waals surface area contributed by atoms with Crippen LogP contribution in [-0.2, 0) is 4.79 Å². The van der Waals surface area contributed by atoms with Crippen LogP contribution in [0.4, 0.5) is 5.69 Å². The van der Waals surface area contributed by atoms with E-state index in [9.17, 15) is 4.79 Å². The van der Waals surface area contributed by atoms with Gasteiger partial charge in [-0.25, -0.2) is 0 Å². The molecule has 152 valence electrons. The summed E-state index contributed by atoms with van der Waals surface area (Å²) in [5.41, 5.74) is 4.95. The molecule has 2 atom stereocenters. The standard InChI is InChI=1S/C28H23NO2/c1-31-24-19-11-18-23-26(24)25(20-12-5-2-6-13-20)28(30)29(22-16-9-4-10-17-22)27(23)21-14-7-3-8-15-21/h2-19,25,27H,1H3/t25-,27-/m0/s1. The molecular formula is C28H23NO2. The minimum absolute atomic E-state index is 0.0447. The van der Waals surface area contributed by atoms with Crippen LogP contribution in [0.25, 0.3) is 0 Å². The molecule has 3 nitrogen and oxygen atoms in total. The molecule has 31 heavy (non-hydrogen) atoms. The van der Waals surface area contributed by atoms with Crippen LogP contribution in [-0.4, -0.2) is 13.0 Å². The normalized spacial score (nSPS) is 17.8. The summed E-state index contributed by atoms with van der Waals surface area (Å²) in [5.74, 6) is 0.351. The molecule has 0 saturated carbocycles. The summed E-state index contributed by atoms with van der Waals surface area (Å²) >= 11 is 0. The van der Waals surface area contributed by atoms with Crippen LogP contribution < -0.4 is 9.64 Å². The lowest BCUT2D eigenvalue weighted by molar-refractivity contribution is -0.120. The molecule has 0 bridgehead atoms. The first-order valence-corrected chi connectivity index (χ1v) is 10.4. The van der Waals surface area contributed by atoms with Gasteiger partial charge in [-0.2, -0.15) is 0 Å². The number of benzene rings is 4. The van der Waals surface area contributed by atoms with Gasteiger partial charge in [0.1, 0.15) is 5.75 Å². The Kier molecular flexibility index (Phi) is 5.01. The Morgan fingerprint density at radius 1 is 0.677 bits per heavy atom. The van der Waals surface area contributed by atoms with Crippen LogP contribution in [0.2, 0.25) is 0 Å². The number of hydrogen-bond donors (Lipinski definition) is 0. The fourth-order valence-electron chi connectivity index (χ4n) is 4.60. The molecule has 3 heteroatoms. The van der Waals surface area contributed by atoms with Crippen LogP contribution in [0.3, 0.4) is 0 Å². The first kappa shape index (κ1) is 19.1. The van der Waals surface area contributed by atoms with Crippen molar-refractivity contribution in [2.75, 3.05) is 12.0 Å². The van der Waals surface area contributed by atoms with Crippen molar-refractivity contribution in [3.8, 4) is 5.75 Å². The number of fused-ring (bicyclic) bond motifs is 1. The van der Waals surface area contributed by atoms with Crippen molar-refractivity contribution in [1.82, 2.24) is 0 Å². The van der Waals surface area contributed by atoms with E-state index in [0.717, 1.165) is 33.7 Å². The summed E-state index contributed by atoms with van der Waals surface area (Å²) in [6.07, 6.45) is 0. The minimum atomic E-state index is -0.437. The lowest BCUT2D eigenvalue weighted by Gasteiger charge is -2.42. The number of methoxy groups -OCH3 is 1. The predicted octanol–water partition coefficient (Wildman–Crippen LogP) is 5.96. The van der Waals surface area contributed by atoms with Crippen LogP contribution >= 0.6 is 0 Å². The van der Waals surface area contributed by atoms with Crippen molar-refractivity contribution in [2.45, 2.75) is 12.0 Å². The molecule has 1 amide bonds. The highest BCUT2D eigenvalue weighted by Gasteiger charge is 2.43. The highest BCUT2D eigenvalue weighted by atomic mass is 16.5. The Morgan fingerprint density at radius 3 is 1.87 bits per heavy atom. The van der Waals surface area contributed by atoms with Gasteiger partial charge in [0, 0.05) is 11.3 Å². The zero-order valence-electron chi connectivity index (χ0n) is 17.3. The summed E-state index contributed by atoms with van der Waals surface area (Å²) in [4.78, 5) is 16.2. The van der Waals surface area contributed by atoms with Gasteiger partial charge >= 0.3 is 0 Å². The molecule has 4 aromatic rings. The molecule has 1 heterocycles. The van der Waals surface area contributed by atoms with Gasteiger partial charge in [0.15, 0.2) is 0 Å². The highest BCUT2D eigenvalue weighted by molar-refractivity contribution is 6.04. The highest BCUT2D eigenvalue weighted by Crippen LogP contribution is 2.48. The second-order valence-corrected chi connectivity index (χ2v) is 7.66. The first-order valence-electron chi connectivity index (χ1n) is 10.4. The zero-order valence-corrected chi connectivity index (χ0v) is 17.3. The van der Waals surface area contributed by atoms with Crippen LogP contribution in [0.15, 0.2) is 109 Å². The largest absolute Gasteiger partial charge is 0.496 e. The van der Waals surface area contributed by atoms with Gasteiger partial charge in [0.05, 0.1) is 19.1 Å². The van der Waals surface area contributed by atoms with E-state index >= 15 is 0 Å². The SMILES string of the molecule is COc1cccc2c1[C@H](c1ccccc1)C(=O)N(c1ccccc1)[C@H]2c1ccccc1. The van der Waals surface area contributed by atoms with E-state index in [1.165, 1.54) is 0 Å².